The number of aliphatic hydroxyl groups is 1. The lowest BCUT2D eigenvalue weighted by molar-refractivity contribution is 0.101. The molecule has 0 unspecified atom stereocenters. The number of hydrogen-bond acceptors (Lipinski definition) is 4. The van der Waals surface area contributed by atoms with Crippen LogP contribution in [0.15, 0.2) is 48.5 Å². The van der Waals surface area contributed by atoms with E-state index in [1.165, 1.54) is 35.9 Å². The maximum atomic E-state index is 13.6. The summed E-state index contributed by atoms with van der Waals surface area (Å²) in [5.74, 6) is -0.814. The Morgan fingerprint density at radius 2 is 1.69 bits per heavy atom. The van der Waals surface area contributed by atoms with Crippen molar-refractivity contribution in [3.05, 3.63) is 102 Å². The molecule has 0 saturated heterocycles. The maximum Gasteiger partial charge on any atom is 0.213 e. The number of benzene rings is 2. The molecule has 2 N–H and O–H groups in total. The van der Waals surface area contributed by atoms with E-state index >= 15 is 0 Å². The topological polar surface area (TPSA) is 84.3 Å². The summed E-state index contributed by atoms with van der Waals surface area (Å²) >= 11 is 31.6. The minimum absolute atomic E-state index is 0.00248. The average Bonchev–Trinajstić information content (AvgIpc) is 3.32. The number of H-pyrrole nitrogens is 1. The number of aliphatic hydroxyl groups excluding tert-OH is 1. The Hall–Kier alpha value is -2.45. The van der Waals surface area contributed by atoms with Gasteiger partial charge in [0, 0.05) is 10.6 Å². The number of carbonyl (C=O) groups is 2. The predicted molar refractivity (Wildman–Crippen MR) is 137 cm³/mol. The SMILES string of the molecule is COc1cc(Cl)ccc1C(=O)c1cc(Cl)c(Cl)n1-c1c(C(=O)c2ccccc2CO)[nH]c(Cl)c1Cl. The molecule has 0 aliphatic rings. The van der Waals surface area contributed by atoms with E-state index in [0.29, 0.717) is 10.6 Å². The van der Waals surface area contributed by atoms with Gasteiger partial charge in [-0.3, -0.25) is 14.2 Å². The van der Waals surface area contributed by atoms with Crippen LogP contribution in [0.1, 0.15) is 37.7 Å². The third-order valence-corrected chi connectivity index (χ3v) is 7.03. The molecule has 0 atom stereocenters. The summed E-state index contributed by atoms with van der Waals surface area (Å²) in [6, 6.07) is 12.4. The van der Waals surface area contributed by atoms with Crippen LogP contribution in [0.4, 0.5) is 0 Å². The zero-order chi connectivity index (χ0) is 25.4. The van der Waals surface area contributed by atoms with Gasteiger partial charge in [0.15, 0.2) is 0 Å². The Morgan fingerprint density at radius 3 is 2.37 bits per heavy atom. The second-order valence-electron chi connectivity index (χ2n) is 7.30. The van der Waals surface area contributed by atoms with Crippen LogP contribution in [0.3, 0.4) is 0 Å². The van der Waals surface area contributed by atoms with Crippen molar-refractivity contribution in [2.45, 2.75) is 6.61 Å². The van der Waals surface area contributed by atoms with Gasteiger partial charge in [-0.2, -0.15) is 0 Å². The van der Waals surface area contributed by atoms with Gasteiger partial charge in [-0.05, 0) is 29.8 Å². The first-order valence-corrected chi connectivity index (χ1v) is 11.8. The van der Waals surface area contributed by atoms with Crippen LogP contribution in [0.25, 0.3) is 5.69 Å². The number of halogens is 5. The summed E-state index contributed by atoms with van der Waals surface area (Å²) in [6.45, 7) is -0.365. The lowest BCUT2D eigenvalue weighted by atomic mass is 10.0. The first-order valence-electron chi connectivity index (χ1n) is 9.95. The Kier molecular flexibility index (Phi) is 7.52. The highest BCUT2D eigenvalue weighted by Gasteiger charge is 2.30. The molecule has 4 rings (SSSR count). The van der Waals surface area contributed by atoms with Crippen LogP contribution >= 0.6 is 58.0 Å². The monoisotopic (exact) mass is 570 g/mol. The van der Waals surface area contributed by atoms with Crippen LogP contribution in [-0.2, 0) is 6.61 Å². The summed E-state index contributed by atoms with van der Waals surface area (Å²) in [7, 11) is 1.40. The molecule has 0 aliphatic carbocycles. The number of aromatic nitrogens is 2. The van der Waals surface area contributed by atoms with Gasteiger partial charge in [-0.15, -0.1) is 0 Å². The Balaban J connectivity index is 1.95. The molecule has 2 aromatic carbocycles. The molecule has 0 aliphatic heterocycles. The normalized spacial score (nSPS) is 11.1. The third-order valence-electron chi connectivity index (χ3n) is 5.29. The van der Waals surface area contributed by atoms with Crippen molar-refractivity contribution >= 4 is 69.6 Å². The minimum atomic E-state index is -0.526. The number of nitrogens with one attached hydrogen (secondary N) is 1. The molecule has 0 radical (unpaired) electrons. The largest absolute Gasteiger partial charge is 0.496 e. The zero-order valence-electron chi connectivity index (χ0n) is 17.8. The number of hydrogen-bond donors (Lipinski definition) is 2. The molecule has 0 fully saturated rings. The van der Waals surface area contributed by atoms with Crippen LogP contribution in [0.2, 0.25) is 25.4 Å². The second kappa shape index (κ2) is 10.3. The van der Waals surface area contributed by atoms with Crippen molar-refractivity contribution in [3.8, 4) is 11.4 Å². The number of nitrogens with zero attached hydrogens (tertiary/aromatic N) is 1. The highest BCUT2D eigenvalue weighted by Crippen LogP contribution is 2.40. The third kappa shape index (κ3) is 4.58. The van der Waals surface area contributed by atoms with Crippen molar-refractivity contribution in [1.29, 1.82) is 0 Å². The summed E-state index contributed by atoms with van der Waals surface area (Å²) < 4.78 is 6.56. The van der Waals surface area contributed by atoms with E-state index in [-0.39, 0.29) is 60.9 Å². The molecule has 6 nitrogen and oxygen atoms in total. The molecule has 180 valence electrons. The van der Waals surface area contributed by atoms with Gasteiger partial charge >= 0.3 is 0 Å². The number of ketones is 2. The first kappa shape index (κ1) is 25.6. The van der Waals surface area contributed by atoms with Gasteiger partial charge in [-0.1, -0.05) is 82.3 Å². The van der Waals surface area contributed by atoms with Crippen molar-refractivity contribution in [1.82, 2.24) is 9.55 Å². The van der Waals surface area contributed by atoms with Gasteiger partial charge in [0.2, 0.25) is 11.6 Å². The molecular weight excluding hydrogens is 558 g/mol. The van der Waals surface area contributed by atoms with Crippen molar-refractivity contribution in [3.63, 3.8) is 0 Å². The Labute approximate surface area is 224 Å². The van der Waals surface area contributed by atoms with Gasteiger partial charge in [-0.25, -0.2) is 0 Å². The number of carbonyl (C=O) groups excluding carboxylic acids is 2. The average molecular weight is 573 g/mol. The number of rotatable bonds is 7. The molecule has 0 spiro atoms. The molecule has 4 aromatic rings. The fourth-order valence-corrected chi connectivity index (χ4v) is 4.65. The van der Waals surface area contributed by atoms with Gasteiger partial charge in [0.05, 0.1) is 35.7 Å². The van der Waals surface area contributed by atoms with Gasteiger partial charge in [0.1, 0.15) is 26.8 Å². The second-order valence-corrected chi connectivity index (χ2v) is 9.26. The highest BCUT2D eigenvalue weighted by atomic mass is 35.5. The quantitative estimate of drug-likeness (QED) is 0.233. The molecule has 0 saturated carbocycles. The molecule has 11 heteroatoms. The van der Waals surface area contributed by atoms with E-state index in [4.69, 9.17) is 62.7 Å². The summed E-state index contributed by atoms with van der Waals surface area (Å²) in [4.78, 5) is 29.9. The van der Waals surface area contributed by atoms with E-state index < -0.39 is 11.6 Å². The van der Waals surface area contributed by atoms with E-state index in [0.717, 1.165) is 0 Å². The van der Waals surface area contributed by atoms with Crippen LogP contribution in [0, 0.1) is 0 Å². The fourth-order valence-electron chi connectivity index (χ4n) is 3.66. The lowest BCUT2D eigenvalue weighted by Crippen LogP contribution is -2.14. The van der Waals surface area contributed by atoms with Gasteiger partial charge in [0.25, 0.3) is 0 Å². The van der Waals surface area contributed by atoms with Crippen molar-refractivity contribution in [2.24, 2.45) is 0 Å². The molecule has 0 amide bonds. The fraction of sp³-hybridized carbons (Fsp3) is 0.0833. The van der Waals surface area contributed by atoms with Crippen molar-refractivity contribution < 1.29 is 19.4 Å². The first-order chi connectivity index (χ1) is 16.7. The predicted octanol–water partition coefficient (Wildman–Crippen LogP) is 7.04. The Bertz CT molecular complexity index is 1480. The van der Waals surface area contributed by atoms with Crippen LogP contribution in [0.5, 0.6) is 5.75 Å². The highest BCUT2D eigenvalue weighted by molar-refractivity contribution is 6.45. The summed E-state index contributed by atoms with van der Waals surface area (Å²) in [6.07, 6.45) is 0. The lowest BCUT2D eigenvalue weighted by Gasteiger charge is -2.14. The molecular formula is C24H15Cl5N2O4. The van der Waals surface area contributed by atoms with Crippen molar-refractivity contribution in [2.75, 3.05) is 7.11 Å². The van der Waals surface area contributed by atoms with Gasteiger partial charge < -0.3 is 14.8 Å². The Morgan fingerprint density at radius 1 is 0.971 bits per heavy atom. The number of methoxy groups -OCH3 is 1. The van der Waals surface area contributed by atoms with E-state index in [1.807, 2.05) is 0 Å². The maximum absolute atomic E-state index is 13.6. The zero-order valence-corrected chi connectivity index (χ0v) is 21.6. The standard InChI is InChI=1S/C24H15Cl5N2O4/c1-35-17-8-12(25)6-7-14(17)21(33)16-9-15(26)24(29)31(16)20-18(27)23(28)30-19(20)22(34)13-5-3-2-4-11(13)10-32/h2-9,30,32H,10H2,1H3. The summed E-state index contributed by atoms with van der Waals surface area (Å²) in [5, 5.41) is 9.95. The minimum Gasteiger partial charge on any atom is -0.496 e. The molecule has 35 heavy (non-hydrogen) atoms. The van der Waals surface area contributed by atoms with Crippen LogP contribution in [-0.4, -0.2) is 33.3 Å². The summed E-state index contributed by atoms with van der Waals surface area (Å²) in [5.41, 5.74) is 0.772. The number of ether oxygens (including phenoxy) is 1. The molecule has 2 heterocycles. The van der Waals surface area contributed by atoms with Crippen LogP contribution < -0.4 is 4.74 Å². The van der Waals surface area contributed by atoms with E-state index in [1.54, 1.807) is 24.3 Å². The smallest absolute Gasteiger partial charge is 0.213 e. The molecule has 2 aromatic heterocycles. The van der Waals surface area contributed by atoms with E-state index in [9.17, 15) is 14.7 Å². The molecule has 0 bridgehead atoms. The number of aromatic amines is 1. The van der Waals surface area contributed by atoms with E-state index in [2.05, 4.69) is 4.98 Å².